The first-order valence-corrected chi connectivity index (χ1v) is 9.77. The lowest BCUT2D eigenvalue weighted by Gasteiger charge is -2.04. The van der Waals surface area contributed by atoms with Crippen LogP contribution in [0.4, 0.5) is 5.13 Å². The molecular formula is C18H19N3O2S2. The summed E-state index contributed by atoms with van der Waals surface area (Å²) in [6.07, 6.45) is 0.933. The number of thiophene rings is 1. The Kier molecular flexibility index (Phi) is 5.45. The van der Waals surface area contributed by atoms with Crippen LogP contribution >= 0.6 is 22.7 Å². The van der Waals surface area contributed by atoms with E-state index in [-0.39, 0.29) is 11.8 Å². The SMILES string of the molecule is Cc1cc(C)c2nc(NC(=O)CCCNC(=O)c3ccsc3)sc2c1. The number of carbonyl (C=O) groups is 2. The van der Waals surface area contributed by atoms with Crippen molar-refractivity contribution in [1.82, 2.24) is 10.3 Å². The van der Waals surface area contributed by atoms with E-state index in [4.69, 9.17) is 0 Å². The van der Waals surface area contributed by atoms with Gasteiger partial charge in [-0.25, -0.2) is 4.98 Å². The number of hydrogen-bond donors (Lipinski definition) is 2. The van der Waals surface area contributed by atoms with Gasteiger partial charge in [-0.1, -0.05) is 17.4 Å². The van der Waals surface area contributed by atoms with E-state index in [1.54, 1.807) is 11.4 Å². The molecule has 3 aromatic rings. The predicted molar refractivity (Wildman–Crippen MR) is 104 cm³/mol. The van der Waals surface area contributed by atoms with Crippen molar-refractivity contribution in [3.05, 3.63) is 45.6 Å². The average molecular weight is 374 g/mol. The molecule has 0 bridgehead atoms. The van der Waals surface area contributed by atoms with E-state index < -0.39 is 0 Å². The Morgan fingerprint density at radius 2 is 2.08 bits per heavy atom. The third kappa shape index (κ3) is 4.43. The van der Waals surface area contributed by atoms with Crippen LogP contribution in [-0.4, -0.2) is 23.3 Å². The Labute approximate surface area is 154 Å². The monoisotopic (exact) mass is 373 g/mol. The molecule has 2 heterocycles. The Hall–Kier alpha value is -2.25. The third-order valence-electron chi connectivity index (χ3n) is 3.73. The first kappa shape index (κ1) is 17.6. The number of thiazole rings is 1. The van der Waals surface area contributed by atoms with Gasteiger partial charge < -0.3 is 10.6 Å². The summed E-state index contributed by atoms with van der Waals surface area (Å²) in [5.74, 6) is -0.183. The van der Waals surface area contributed by atoms with Gasteiger partial charge in [-0.15, -0.1) is 0 Å². The molecule has 25 heavy (non-hydrogen) atoms. The van der Waals surface area contributed by atoms with Crippen LogP contribution in [-0.2, 0) is 4.79 Å². The molecule has 1 aromatic carbocycles. The molecule has 0 aliphatic heterocycles. The fraction of sp³-hybridized carbons (Fsp3) is 0.278. The van der Waals surface area contributed by atoms with E-state index in [9.17, 15) is 9.59 Å². The second-order valence-corrected chi connectivity index (χ2v) is 7.68. The van der Waals surface area contributed by atoms with Crippen molar-refractivity contribution in [1.29, 1.82) is 0 Å². The molecule has 0 radical (unpaired) electrons. The molecule has 0 aliphatic carbocycles. The van der Waals surface area contributed by atoms with Gasteiger partial charge in [0.05, 0.1) is 10.2 Å². The van der Waals surface area contributed by atoms with Crippen LogP contribution in [0.5, 0.6) is 0 Å². The second-order valence-electron chi connectivity index (χ2n) is 5.87. The number of amides is 2. The molecule has 0 unspecified atom stereocenters. The van der Waals surface area contributed by atoms with Crippen molar-refractivity contribution in [3.8, 4) is 0 Å². The number of rotatable bonds is 6. The lowest BCUT2D eigenvalue weighted by atomic mass is 10.1. The zero-order valence-corrected chi connectivity index (χ0v) is 15.7. The Bertz CT molecular complexity index is 901. The fourth-order valence-corrected chi connectivity index (χ4v) is 4.25. The van der Waals surface area contributed by atoms with Gasteiger partial charge in [-0.3, -0.25) is 9.59 Å². The molecular weight excluding hydrogens is 354 g/mol. The Morgan fingerprint density at radius 3 is 2.84 bits per heavy atom. The highest BCUT2D eigenvalue weighted by Crippen LogP contribution is 2.29. The van der Waals surface area contributed by atoms with Gasteiger partial charge in [-0.2, -0.15) is 11.3 Å². The average Bonchev–Trinajstić information content (AvgIpc) is 3.20. The molecule has 130 valence electrons. The first-order chi connectivity index (χ1) is 12.0. The third-order valence-corrected chi connectivity index (χ3v) is 5.33. The van der Waals surface area contributed by atoms with Crippen LogP contribution in [0.25, 0.3) is 10.2 Å². The smallest absolute Gasteiger partial charge is 0.252 e. The molecule has 0 saturated heterocycles. The summed E-state index contributed by atoms with van der Waals surface area (Å²) < 4.78 is 1.08. The zero-order valence-electron chi connectivity index (χ0n) is 14.1. The molecule has 5 nitrogen and oxygen atoms in total. The number of aryl methyl sites for hydroxylation is 2. The van der Waals surface area contributed by atoms with E-state index in [2.05, 4.69) is 34.7 Å². The van der Waals surface area contributed by atoms with E-state index >= 15 is 0 Å². The first-order valence-electron chi connectivity index (χ1n) is 8.01. The van der Waals surface area contributed by atoms with Gasteiger partial charge in [0.1, 0.15) is 0 Å². The van der Waals surface area contributed by atoms with Gasteiger partial charge in [0, 0.05) is 23.9 Å². The number of carbonyl (C=O) groups excluding carboxylic acids is 2. The quantitative estimate of drug-likeness (QED) is 0.639. The predicted octanol–water partition coefficient (Wildman–Crippen LogP) is 4.12. The van der Waals surface area contributed by atoms with Gasteiger partial charge in [0.2, 0.25) is 5.91 Å². The van der Waals surface area contributed by atoms with Crippen LogP contribution in [0.1, 0.15) is 34.3 Å². The van der Waals surface area contributed by atoms with Gasteiger partial charge >= 0.3 is 0 Å². The molecule has 2 amide bonds. The molecule has 0 aliphatic rings. The lowest BCUT2D eigenvalue weighted by Crippen LogP contribution is -2.25. The highest BCUT2D eigenvalue weighted by Gasteiger charge is 2.10. The van der Waals surface area contributed by atoms with Crippen LogP contribution < -0.4 is 10.6 Å². The van der Waals surface area contributed by atoms with Crippen molar-refractivity contribution in [3.63, 3.8) is 0 Å². The van der Waals surface area contributed by atoms with Gasteiger partial charge in [0.25, 0.3) is 5.91 Å². The number of anilines is 1. The lowest BCUT2D eigenvalue weighted by molar-refractivity contribution is -0.116. The molecule has 2 N–H and O–H groups in total. The van der Waals surface area contributed by atoms with E-state index in [1.165, 1.54) is 28.2 Å². The maximum atomic E-state index is 12.1. The minimum absolute atomic E-state index is 0.0850. The van der Waals surface area contributed by atoms with Crippen LogP contribution in [0.3, 0.4) is 0 Å². The number of fused-ring (bicyclic) bond motifs is 1. The minimum atomic E-state index is -0.0984. The van der Waals surface area contributed by atoms with Crippen molar-refractivity contribution in [2.45, 2.75) is 26.7 Å². The largest absolute Gasteiger partial charge is 0.352 e. The van der Waals surface area contributed by atoms with Crippen molar-refractivity contribution >= 4 is 49.8 Å². The molecule has 0 fully saturated rings. The number of nitrogens with one attached hydrogen (secondary N) is 2. The molecule has 3 rings (SSSR count). The number of benzene rings is 1. The van der Waals surface area contributed by atoms with E-state index in [0.717, 1.165) is 15.8 Å². The second kappa shape index (κ2) is 7.76. The topological polar surface area (TPSA) is 71.1 Å². The standard InChI is InChI=1S/C18H19N3O2S2/c1-11-8-12(2)16-14(9-11)25-18(21-16)20-15(22)4-3-6-19-17(23)13-5-7-24-10-13/h5,7-10H,3-4,6H2,1-2H3,(H,19,23)(H,20,21,22). The summed E-state index contributed by atoms with van der Waals surface area (Å²) in [7, 11) is 0. The summed E-state index contributed by atoms with van der Waals surface area (Å²) in [6, 6.07) is 5.95. The minimum Gasteiger partial charge on any atom is -0.352 e. The highest BCUT2D eigenvalue weighted by molar-refractivity contribution is 7.22. The van der Waals surface area contributed by atoms with E-state index in [0.29, 0.717) is 30.1 Å². The van der Waals surface area contributed by atoms with Crippen molar-refractivity contribution in [2.24, 2.45) is 0 Å². The van der Waals surface area contributed by atoms with Crippen LogP contribution in [0.2, 0.25) is 0 Å². The summed E-state index contributed by atoms with van der Waals surface area (Å²) in [6.45, 7) is 4.55. The summed E-state index contributed by atoms with van der Waals surface area (Å²) in [5, 5.41) is 9.96. The Morgan fingerprint density at radius 1 is 1.24 bits per heavy atom. The number of hydrogen-bond acceptors (Lipinski definition) is 5. The molecule has 0 spiro atoms. The summed E-state index contributed by atoms with van der Waals surface area (Å²) >= 11 is 2.97. The van der Waals surface area contributed by atoms with Crippen LogP contribution in [0.15, 0.2) is 29.0 Å². The fourth-order valence-electron chi connectivity index (χ4n) is 2.55. The van der Waals surface area contributed by atoms with Gasteiger partial charge in [0.15, 0.2) is 5.13 Å². The van der Waals surface area contributed by atoms with Crippen molar-refractivity contribution < 1.29 is 9.59 Å². The maximum Gasteiger partial charge on any atom is 0.252 e. The van der Waals surface area contributed by atoms with Crippen LogP contribution in [0, 0.1) is 13.8 Å². The van der Waals surface area contributed by atoms with Crippen molar-refractivity contribution in [2.75, 3.05) is 11.9 Å². The normalized spacial score (nSPS) is 10.8. The number of aromatic nitrogens is 1. The maximum absolute atomic E-state index is 12.1. The molecule has 2 aromatic heterocycles. The highest BCUT2D eigenvalue weighted by atomic mass is 32.1. The summed E-state index contributed by atoms with van der Waals surface area (Å²) in [4.78, 5) is 28.3. The Balaban J connectivity index is 1.48. The van der Waals surface area contributed by atoms with E-state index in [1.807, 2.05) is 12.3 Å². The van der Waals surface area contributed by atoms with Gasteiger partial charge in [-0.05, 0) is 48.9 Å². The zero-order chi connectivity index (χ0) is 17.8. The molecule has 0 atom stereocenters. The molecule has 0 saturated carbocycles. The molecule has 7 heteroatoms. The number of nitrogens with zero attached hydrogens (tertiary/aromatic N) is 1. The summed E-state index contributed by atoms with van der Waals surface area (Å²) in [5.41, 5.74) is 3.90.